The molecule has 34 heavy (non-hydrogen) atoms. The maximum atomic E-state index is 13.1. The van der Waals surface area contributed by atoms with Crippen LogP contribution < -0.4 is 9.64 Å². The lowest BCUT2D eigenvalue weighted by molar-refractivity contribution is 0.0746. The Bertz CT molecular complexity index is 935. The molecular formula is C29H41N3O2. The number of ether oxygens (including phenoxy) is 1. The number of hydrogen-bond donors (Lipinski definition) is 0. The second kappa shape index (κ2) is 11.7. The summed E-state index contributed by atoms with van der Waals surface area (Å²) in [7, 11) is 0. The van der Waals surface area contributed by atoms with Gasteiger partial charge in [0.05, 0.1) is 6.61 Å². The number of carbonyl (C=O) groups excluding carboxylic acids is 1. The van der Waals surface area contributed by atoms with Crippen LogP contribution in [0, 0.1) is 12.8 Å². The molecule has 0 bridgehead atoms. The molecule has 1 atom stereocenters. The van der Waals surface area contributed by atoms with Crippen molar-refractivity contribution in [2.75, 3.05) is 57.3 Å². The van der Waals surface area contributed by atoms with Crippen molar-refractivity contribution in [2.45, 2.75) is 46.5 Å². The Morgan fingerprint density at radius 3 is 2.50 bits per heavy atom. The predicted octanol–water partition coefficient (Wildman–Crippen LogP) is 5.02. The average Bonchev–Trinajstić information content (AvgIpc) is 2.87. The zero-order valence-corrected chi connectivity index (χ0v) is 21.3. The van der Waals surface area contributed by atoms with Gasteiger partial charge >= 0.3 is 0 Å². The minimum atomic E-state index is 0.162. The summed E-state index contributed by atoms with van der Waals surface area (Å²) in [6.45, 7) is 14.1. The van der Waals surface area contributed by atoms with Gasteiger partial charge in [-0.15, -0.1) is 0 Å². The summed E-state index contributed by atoms with van der Waals surface area (Å²) in [5, 5.41) is 0. The summed E-state index contributed by atoms with van der Waals surface area (Å²) in [5.74, 6) is 1.93. The molecule has 1 unspecified atom stereocenters. The molecule has 0 N–H and O–H groups in total. The smallest absolute Gasteiger partial charge is 0.254 e. The predicted molar refractivity (Wildman–Crippen MR) is 140 cm³/mol. The van der Waals surface area contributed by atoms with Crippen LogP contribution in [-0.2, 0) is 6.42 Å². The van der Waals surface area contributed by atoms with Gasteiger partial charge in [-0.1, -0.05) is 26.0 Å². The zero-order chi connectivity index (χ0) is 23.9. The summed E-state index contributed by atoms with van der Waals surface area (Å²) >= 11 is 0. The number of rotatable bonds is 8. The van der Waals surface area contributed by atoms with E-state index >= 15 is 0 Å². The van der Waals surface area contributed by atoms with Crippen LogP contribution in [0.2, 0.25) is 0 Å². The summed E-state index contributed by atoms with van der Waals surface area (Å²) < 4.78 is 6.00. The van der Waals surface area contributed by atoms with Crippen LogP contribution in [0.25, 0.3) is 0 Å². The van der Waals surface area contributed by atoms with E-state index in [2.05, 4.69) is 66.1 Å². The van der Waals surface area contributed by atoms with Crippen molar-refractivity contribution in [3.63, 3.8) is 0 Å². The van der Waals surface area contributed by atoms with Gasteiger partial charge in [0.15, 0.2) is 0 Å². The van der Waals surface area contributed by atoms with Gasteiger partial charge in [-0.25, -0.2) is 0 Å². The van der Waals surface area contributed by atoms with E-state index in [4.69, 9.17) is 4.74 Å². The van der Waals surface area contributed by atoms with Crippen LogP contribution >= 0.6 is 0 Å². The minimum Gasteiger partial charge on any atom is -0.494 e. The van der Waals surface area contributed by atoms with Gasteiger partial charge < -0.3 is 19.4 Å². The van der Waals surface area contributed by atoms with Crippen molar-refractivity contribution < 1.29 is 9.53 Å². The molecule has 0 spiro atoms. The van der Waals surface area contributed by atoms with Crippen LogP contribution in [0.1, 0.15) is 54.6 Å². The number of aryl methyl sites for hydroxylation is 2. The number of benzene rings is 2. The highest BCUT2D eigenvalue weighted by Gasteiger charge is 2.23. The van der Waals surface area contributed by atoms with Crippen molar-refractivity contribution in [1.82, 2.24) is 9.80 Å². The number of amides is 1. The number of nitrogens with zero attached hydrogens (tertiary/aromatic N) is 3. The summed E-state index contributed by atoms with van der Waals surface area (Å²) in [5.41, 5.74) is 4.33. The SMILES string of the molecule is CCc1ccc(C)c(C(=O)N2CCN(c3ccc(OCCCN4CCCC(C)C4)cc3)CC2)c1. The third-order valence-corrected chi connectivity index (χ3v) is 7.34. The van der Waals surface area contributed by atoms with Gasteiger partial charge in [0.2, 0.25) is 0 Å². The van der Waals surface area contributed by atoms with Gasteiger partial charge in [-0.05, 0) is 86.5 Å². The fraction of sp³-hybridized carbons (Fsp3) is 0.552. The monoisotopic (exact) mass is 463 g/mol. The number of carbonyl (C=O) groups is 1. The van der Waals surface area contributed by atoms with E-state index in [0.717, 1.165) is 75.0 Å². The molecule has 4 rings (SSSR count). The van der Waals surface area contributed by atoms with Crippen LogP contribution in [0.15, 0.2) is 42.5 Å². The highest BCUT2D eigenvalue weighted by Crippen LogP contribution is 2.22. The van der Waals surface area contributed by atoms with Crippen LogP contribution in [0.3, 0.4) is 0 Å². The minimum absolute atomic E-state index is 0.162. The van der Waals surface area contributed by atoms with Gasteiger partial charge in [0.25, 0.3) is 5.91 Å². The van der Waals surface area contributed by atoms with E-state index in [1.807, 2.05) is 11.8 Å². The lowest BCUT2D eigenvalue weighted by Gasteiger charge is -2.36. The van der Waals surface area contributed by atoms with E-state index in [9.17, 15) is 4.79 Å². The van der Waals surface area contributed by atoms with Gasteiger partial charge in [-0.2, -0.15) is 0 Å². The van der Waals surface area contributed by atoms with Crippen molar-refractivity contribution in [1.29, 1.82) is 0 Å². The molecule has 2 aliphatic heterocycles. The molecule has 2 aromatic carbocycles. The first kappa shape index (κ1) is 24.6. The van der Waals surface area contributed by atoms with Crippen LogP contribution in [0.5, 0.6) is 5.75 Å². The van der Waals surface area contributed by atoms with Crippen molar-refractivity contribution in [3.8, 4) is 5.75 Å². The van der Waals surface area contributed by atoms with Crippen LogP contribution in [0.4, 0.5) is 5.69 Å². The number of anilines is 1. The molecule has 2 heterocycles. The molecule has 1 amide bonds. The lowest BCUT2D eigenvalue weighted by atomic mass is 10.0. The van der Waals surface area contributed by atoms with E-state index in [-0.39, 0.29) is 5.91 Å². The summed E-state index contributed by atoms with van der Waals surface area (Å²) in [6, 6.07) is 14.7. The molecule has 5 heteroatoms. The number of piperidine rings is 1. The highest BCUT2D eigenvalue weighted by molar-refractivity contribution is 5.96. The number of piperazine rings is 1. The fourth-order valence-corrected chi connectivity index (χ4v) is 5.18. The Balaban J connectivity index is 1.22. The molecule has 5 nitrogen and oxygen atoms in total. The first-order valence-electron chi connectivity index (χ1n) is 13.1. The molecule has 0 radical (unpaired) electrons. The Morgan fingerprint density at radius 2 is 1.79 bits per heavy atom. The van der Waals surface area contributed by atoms with Gasteiger partial charge in [0.1, 0.15) is 5.75 Å². The molecule has 2 saturated heterocycles. The zero-order valence-electron chi connectivity index (χ0n) is 21.3. The Morgan fingerprint density at radius 1 is 1.03 bits per heavy atom. The van der Waals surface area contributed by atoms with Crippen LogP contribution in [-0.4, -0.2) is 68.1 Å². The molecule has 2 aliphatic rings. The summed E-state index contributed by atoms with van der Waals surface area (Å²) in [6.07, 6.45) is 4.73. The van der Waals surface area contributed by atoms with Crippen molar-refractivity contribution in [2.24, 2.45) is 5.92 Å². The van der Waals surface area contributed by atoms with E-state index in [0.29, 0.717) is 0 Å². The van der Waals surface area contributed by atoms with Crippen molar-refractivity contribution >= 4 is 11.6 Å². The second-order valence-corrected chi connectivity index (χ2v) is 10.0. The standard InChI is InChI=1S/C29H41N3O2/c1-4-25-9-8-24(3)28(21-25)29(33)32-18-16-31(17-19-32)26-10-12-27(13-11-26)34-20-6-15-30-14-5-7-23(2)22-30/h8-13,21,23H,4-7,14-20,22H2,1-3H3. The normalized spacial score (nSPS) is 19.3. The van der Waals surface area contributed by atoms with Gasteiger partial charge in [-0.3, -0.25) is 4.79 Å². The summed E-state index contributed by atoms with van der Waals surface area (Å²) in [4.78, 5) is 20.0. The Labute approximate surface area is 205 Å². The molecule has 184 valence electrons. The molecule has 0 saturated carbocycles. The van der Waals surface area contributed by atoms with E-state index in [1.54, 1.807) is 0 Å². The molecule has 2 fully saturated rings. The molecule has 2 aromatic rings. The molecular weight excluding hydrogens is 422 g/mol. The third-order valence-electron chi connectivity index (χ3n) is 7.34. The van der Waals surface area contributed by atoms with E-state index < -0.39 is 0 Å². The third kappa shape index (κ3) is 6.32. The van der Waals surface area contributed by atoms with Gasteiger partial charge in [0, 0.05) is 50.5 Å². The number of hydrogen-bond acceptors (Lipinski definition) is 4. The van der Waals surface area contributed by atoms with E-state index in [1.165, 1.54) is 37.2 Å². The molecule has 0 aromatic heterocycles. The maximum absolute atomic E-state index is 13.1. The first-order chi connectivity index (χ1) is 16.5. The van der Waals surface area contributed by atoms with Crippen molar-refractivity contribution in [3.05, 3.63) is 59.2 Å². The first-order valence-corrected chi connectivity index (χ1v) is 13.1. The Kier molecular flexibility index (Phi) is 8.49. The second-order valence-electron chi connectivity index (χ2n) is 10.0. The maximum Gasteiger partial charge on any atom is 0.254 e. The fourth-order valence-electron chi connectivity index (χ4n) is 5.18. The largest absolute Gasteiger partial charge is 0.494 e. The quantitative estimate of drug-likeness (QED) is 0.515. The average molecular weight is 464 g/mol. The highest BCUT2D eigenvalue weighted by atomic mass is 16.5. The topological polar surface area (TPSA) is 36.0 Å². The Hall–Kier alpha value is -2.53. The lowest BCUT2D eigenvalue weighted by Crippen LogP contribution is -2.49. The number of likely N-dealkylation sites (tertiary alicyclic amines) is 1. The molecule has 0 aliphatic carbocycles.